The molecule has 128 valence electrons. The Labute approximate surface area is 150 Å². The molecule has 1 aromatic carbocycles. The Kier molecular flexibility index (Phi) is 4.20. The minimum Gasteiger partial charge on any atom is -0.477 e. The minimum atomic E-state index is 0.0596. The van der Waals surface area contributed by atoms with Crippen molar-refractivity contribution in [2.24, 2.45) is 5.92 Å². The molecule has 0 saturated carbocycles. The summed E-state index contributed by atoms with van der Waals surface area (Å²) in [6, 6.07) is 15.0. The molecule has 1 fully saturated rings. The first kappa shape index (κ1) is 16.0. The van der Waals surface area contributed by atoms with Crippen LogP contribution in [-0.4, -0.2) is 29.0 Å². The molecule has 3 aromatic rings. The summed E-state index contributed by atoms with van der Waals surface area (Å²) in [4.78, 5) is 20.4. The molecule has 1 N–H and O–H groups in total. The molecule has 1 unspecified atom stereocenters. The molecule has 0 spiro atoms. The fourth-order valence-corrected chi connectivity index (χ4v) is 3.00. The normalized spacial score (nSPS) is 16.3. The predicted molar refractivity (Wildman–Crippen MR) is 96.3 cm³/mol. The van der Waals surface area contributed by atoms with Crippen LogP contribution in [0.3, 0.4) is 0 Å². The van der Waals surface area contributed by atoms with Crippen molar-refractivity contribution in [2.75, 3.05) is 13.2 Å². The van der Waals surface area contributed by atoms with Crippen LogP contribution in [0.25, 0.3) is 22.2 Å². The number of aromatic nitrogens is 2. The molecule has 1 atom stereocenters. The molecule has 1 saturated heterocycles. The van der Waals surface area contributed by atoms with Gasteiger partial charge < -0.3 is 10.1 Å². The quantitative estimate of drug-likeness (QED) is 0.786. The summed E-state index contributed by atoms with van der Waals surface area (Å²) in [6.45, 7) is 1.05. The second-order valence-corrected chi connectivity index (χ2v) is 6.26. The maximum Gasteiger partial charge on any atom is 0.223 e. The molecule has 6 nitrogen and oxygen atoms in total. The summed E-state index contributed by atoms with van der Waals surface area (Å²) < 4.78 is 5.96. The second kappa shape index (κ2) is 6.81. The number of rotatable bonds is 4. The lowest BCUT2D eigenvalue weighted by Crippen LogP contribution is -2.17. The molecule has 2 aromatic heterocycles. The van der Waals surface area contributed by atoms with Gasteiger partial charge in [-0.05, 0) is 30.3 Å². The van der Waals surface area contributed by atoms with E-state index in [9.17, 15) is 4.79 Å². The molecule has 1 amide bonds. The lowest BCUT2D eigenvalue weighted by Gasteiger charge is -2.13. The highest BCUT2D eigenvalue weighted by Crippen LogP contribution is 2.29. The second-order valence-electron chi connectivity index (χ2n) is 6.26. The highest BCUT2D eigenvalue weighted by atomic mass is 16.5. The van der Waals surface area contributed by atoms with Gasteiger partial charge in [0.05, 0.1) is 34.8 Å². The average Bonchev–Trinajstić information content (AvgIpc) is 3.11. The Balaban J connectivity index is 1.68. The number of nitrogens with one attached hydrogen (secondary N) is 1. The number of hydrogen-bond donors (Lipinski definition) is 1. The van der Waals surface area contributed by atoms with Gasteiger partial charge in [0.2, 0.25) is 11.8 Å². The van der Waals surface area contributed by atoms with Crippen LogP contribution in [0.4, 0.5) is 0 Å². The lowest BCUT2D eigenvalue weighted by atomic mass is 10.1. The first-order valence-electron chi connectivity index (χ1n) is 8.39. The standard InChI is InChI=1S/C20H16N4O2/c21-10-13-3-5-15(6-4-13)17-9-18-16(2-1-7-22-18)20(24-17)26-12-14-8-19(25)23-11-14/h1-7,9,14H,8,11-12H2,(H,23,25). The van der Waals surface area contributed by atoms with Crippen LogP contribution < -0.4 is 10.1 Å². The summed E-state index contributed by atoms with van der Waals surface area (Å²) in [5.74, 6) is 0.716. The molecule has 1 aliphatic rings. The van der Waals surface area contributed by atoms with E-state index >= 15 is 0 Å². The molecule has 6 heteroatoms. The van der Waals surface area contributed by atoms with Crippen molar-refractivity contribution in [3.8, 4) is 23.2 Å². The van der Waals surface area contributed by atoms with E-state index in [1.54, 1.807) is 18.3 Å². The molecule has 26 heavy (non-hydrogen) atoms. The number of benzene rings is 1. The monoisotopic (exact) mass is 344 g/mol. The van der Waals surface area contributed by atoms with Gasteiger partial charge in [0.15, 0.2) is 0 Å². The van der Waals surface area contributed by atoms with Crippen LogP contribution in [0, 0.1) is 17.2 Å². The largest absolute Gasteiger partial charge is 0.477 e. The fraction of sp³-hybridized carbons (Fsp3) is 0.200. The van der Waals surface area contributed by atoms with Gasteiger partial charge in [0, 0.05) is 30.6 Å². The Bertz CT molecular complexity index is 1010. The average molecular weight is 344 g/mol. The molecular weight excluding hydrogens is 328 g/mol. The SMILES string of the molecule is N#Cc1ccc(-c2cc3ncccc3c(OCC3CNC(=O)C3)n2)cc1. The molecule has 1 aliphatic heterocycles. The van der Waals surface area contributed by atoms with Crippen molar-refractivity contribution in [3.63, 3.8) is 0 Å². The van der Waals surface area contributed by atoms with E-state index in [-0.39, 0.29) is 11.8 Å². The fourth-order valence-electron chi connectivity index (χ4n) is 3.00. The first-order chi connectivity index (χ1) is 12.7. The zero-order chi connectivity index (χ0) is 17.9. The number of nitriles is 1. The van der Waals surface area contributed by atoms with Crippen molar-refractivity contribution in [1.29, 1.82) is 5.26 Å². The van der Waals surface area contributed by atoms with Crippen LogP contribution >= 0.6 is 0 Å². The van der Waals surface area contributed by atoms with Crippen LogP contribution in [0.1, 0.15) is 12.0 Å². The van der Waals surface area contributed by atoms with Crippen LogP contribution in [-0.2, 0) is 4.79 Å². The number of carbonyl (C=O) groups excluding carboxylic acids is 1. The van der Waals surface area contributed by atoms with Gasteiger partial charge in [-0.3, -0.25) is 9.78 Å². The predicted octanol–water partition coefficient (Wildman–Crippen LogP) is 2.68. The topological polar surface area (TPSA) is 87.9 Å². The third kappa shape index (κ3) is 3.20. The maximum atomic E-state index is 11.4. The molecule has 0 bridgehead atoms. The Hall–Kier alpha value is -3.46. The van der Waals surface area contributed by atoms with Crippen molar-refractivity contribution < 1.29 is 9.53 Å². The number of amides is 1. The number of carbonyl (C=O) groups is 1. The number of fused-ring (bicyclic) bond motifs is 1. The Morgan fingerprint density at radius 3 is 2.85 bits per heavy atom. The Morgan fingerprint density at radius 2 is 2.12 bits per heavy atom. The smallest absolute Gasteiger partial charge is 0.223 e. The summed E-state index contributed by atoms with van der Waals surface area (Å²) >= 11 is 0. The van der Waals surface area contributed by atoms with Crippen LogP contribution in [0.15, 0.2) is 48.7 Å². The summed E-state index contributed by atoms with van der Waals surface area (Å²) in [5, 5.41) is 12.6. The zero-order valence-electron chi connectivity index (χ0n) is 14.0. The van der Waals surface area contributed by atoms with E-state index in [0.29, 0.717) is 31.0 Å². The first-order valence-corrected chi connectivity index (χ1v) is 8.39. The summed E-state index contributed by atoms with van der Waals surface area (Å²) in [7, 11) is 0. The molecule has 3 heterocycles. The van der Waals surface area contributed by atoms with Crippen molar-refractivity contribution in [2.45, 2.75) is 6.42 Å². The van der Waals surface area contributed by atoms with E-state index in [2.05, 4.69) is 21.4 Å². The van der Waals surface area contributed by atoms with Gasteiger partial charge in [-0.15, -0.1) is 0 Å². The van der Waals surface area contributed by atoms with Crippen LogP contribution in [0.2, 0.25) is 0 Å². The van der Waals surface area contributed by atoms with E-state index in [1.165, 1.54) is 0 Å². The maximum absolute atomic E-state index is 11.4. The van der Waals surface area contributed by atoms with Gasteiger partial charge in [0.1, 0.15) is 0 Å². The van der Waals surface area contributed by atoms with Gasteiger partial charge in [-0.2, -0.15) is 5.26 Å². The van der Waals surface area contributed by atoms with Crippen molar-refractivity contribution in [3.05, 3.63) is 54.2 Å². The number of nitrogens with zero attached hydrogens (tertiary/aromatic N) is 3. The lowest BCUT2D eigenvalue weighted by molar-refractivity contribution is -0.119. The molecule has 0 radical (unpaired) electrons. The summed E-state index contributed by atoms with van der Waals surface area (Å²) in [5.41, 5.74) is 3.01. The third-order valence-electron chi connectivity index (χ3n) is 4.39. The Morgan fingerprint density at radius 1 is 1.27 bits per heavy atom. The number of pyridine rings is 2. The third-order valence-corrected chi connectivity index (χ3v) is 4.39. The molecule has 4 rings (SSSR count). The number of ether oxygens (including phenoxy) is 1. The van der Waals surface area contributed by atoms with E-state index in [4.69, 9.17) is 10.00 Å². The molecular formula is C20H16N4O2. The van der Waals surface area contributed by atoms with Crippen molar-refractivity contribution in [1.82, 2.24) is 15.3 Å². The summed E-state index contributed by atoms with van der Waals surface area (Å²) in [6.07, 6.45) is 2.21. The van der Waals surface area contributed by atoms with Gasteiger partial charge in [0.25, 0.3) is 0 Å². The van der Waals surface area contributed by atoms with Gasteiger partial charge in [-0.25, -0.2) is 4.98 Å². The highest BCUT2D eigenvalue weighted by molar-refractivity contribution is 5.87. The van der Waals surface area contributed by atoms with E-state index in [0.717, 1.165) is 22.2 Å². The van der Waals surface area contributed by atoms with Crippen LogP contribution in [0.5, 0.6) is 5.88 Å². The van der Waals surface area contributed by atoms with E-state index in [1.807, 2.05) is 30.3 Å². The van der Waals surface area contributed by atoms with E-state index < -0.39 is 0 Å². The number of hydrogen-bond acceptors (Lipinski definition) is 5. The molecule has 0 aliphatic carbocycles. The van der Waals surface area contributed by atoms with Gasteiger partial charge >= 0.3 is 0 Å². The minimum absolute atomic E-state index is 0.0596. The highest BCUT2D eigenvalue weighted by Gasteiger charge is 2.22. The zero-order valence-corrected chi connectivity index (χ0v) is 14.0. The van der Waals surface area contributed by atoms with Gasteiger partial charge in [-0.1, -0.05) is 12.1 Å². The van der Waals surface area contributed by atoms with Crippen molar-refractivity contribution >= 4 is 16.8 Å².